The van der Waals surface area contributed by atoms with Crippen LogP contribution in [0.2, 0.25) is 0 Å². The van der Waals surface area contributed by atoms with Crippen molar-refractivity contribution in [3.05, 3.63) is 0 Å². The number of rotatable bonds is 18. The minimum absolute atomic E-state index is 0.222. The van der Waals surface area contributed by atoms with E-state index in [1.807, 2.05) is 0 Å². The van der Waals surface area contributed by atoms with Crippen molar-refractivity contribution in [2.45, 2.75) is 136 Å². The van der Waals surface area contributed by atoms with Gasteiger partial charge in [0.2, 0.25) is 0 Å². The highest BCUT2D eigenvalue weighted by molar-refractivity contribution is 5.66. The van der Waals surface area contributed by atoms with Gasteiger partial charge in [-0.15, -0.1) is 0 Å². The largest absolute Gasteiger partial charge is 0.481 e. The molecule has 0 aromatic rings. The first-order chi connectivity index (χ1) is 14.3. The highest BCUT2D eigenvalue weighted by Crippen LogP contribution is 2.13. The quantitative estimate of drug-likeness (QED) is 0.196. The molecular weight excluding hydrogens is 384 g/mol. The van der Waals surface area contributed by atoms with Gasteiger partial charge in [0.25, 0.3) is 0 Å². The molecular formula is C24H48O6. The number of carbonyl (C=O) groups is 3. The SMILES string of the molecule is CCC(=O)O.CCC(=O)O.CCCCCCCCCCCCCCCCCC(=O)O. The summed E-state index contributed by atoms with van der Waals surface area (Å²) >= 11 is 0. The van der Waals surface area contributed by atoms with E-state index in [0.29, 0.717) is 6.42 Å². The van der Waals surface area contributed by atoms with Gasteiger partial charge in [-0.1, -0.05) is 111 Å². The van der Waals surface area contributed by atoms with Crippen LogP contribution in [-0.2, 0) is 14.4 Å². The standard InChI is InChI=1S/C18H36O2.2C3H6O2/c1-2-3-4-5-6-7-8-9-10-11-12-13-14-15-16-17-18(19)20;2*1-2-3(4)5/h2-17H2,1H3,(H,19,20);2*2H2,1H3,(H,4,5). The van der Waals surface area contributed by atoms with E-state index >= 15 is 0 Å². The monoisotopic (exact) mass is 432 g/mol. The van der Waals surface area contributed by atoms with Crippen LogP contribution in [0.3, 0.4) is 0 Å². The van der Waals surface area contributed by atoms with Crippen molar-refractivity contribution in [3.8, 4) is 0 Å². The first-order valence-electron chi connectivity index (χ1n) is 12.0. The van der Waals surface area contributed by atoms with Crippen molar-refractivity contribution >= 4 is 17.9 Å². The van der Waals surface area contributed by atoms with Crippen LogP contribution in [-0.4, -0.2) is 33.2 Å². The van der Waals surface area contributed by atoms with Gasteiger partial charge in [-0.2, -0.15) is 0 Å². The maximum Gasteiger partial charge on any atom is 0.303 e. The zero-order chi connectivity index (χ0) is 23.5. The summed E-state index contributed by atoms with van der Waals surface area (Å²) in [4.78, 5) is 29.1. The fourth-order valence-electron chi connectivity index (χ4n) is 2.65. The lowest BCUT2D eigenvalue weighted by Crippen LogP contribution is -1.93. The number of aliphatic carboxylic acids is 3. The van der Waals surface area contributed by atoms with Crippen LogP contribution < -0.4 is 0 Å². The van der Waals surface area contributed by atoms with Crippen LogP contribution in [0.5, 0.6) is 0 Å². The van der Waals surface area contributed by atoms with Gasteiger partial charge >= 0.3 is 17.9 Å². The molecule has 0 unspecified atom stereocenters. The van der Waals surface area contributed by atoms with Gasteiger partial charge in [-0.3, -0.25) is 14.4 Å². The summed E-state index contributed by atoms with van der Waals surface area (Å²) < 4.78 is 0. The Hall–Kier alpha value is -1.59. The van der Waals surface area contributed by atoms with E-state index in [1.54, 1.807) is 13.8 Å². The summed E-state index contributed by atoms with van der Waals surface area (Å²) in [6.45, 7) is 5.47. The minimum atomic E-state index is -0.745. The maximum absolute atomic E-state index is 10.3. The zero-order valence-electron chi connectivity index (χ0n) is 19.8. The Labute approximate surface area is 184 Å². The lowest BCUT2D eigenvalue weighted by molar-refractivity contribution is -0.138. The Morgan fingerprint density at radius 1 is 0.433 bits per heavy atom. The Bertz CT molecular complexity index is 368. The molecule has 0 aromatic heterocycles. The third-order valence-corrected chi connectivity index (χ3v) is 4.60. The van der Waals surface area contributed by atoms with E-state index < -0.39 is 17.9 Å². The Morgan fingerprint density at radius 3 is 0.867 bits per heavy atom. The molecule has 6 nitrogen and oxygen atoms in total. The summed E-state index contributed by atoms with van der Waals surface area (Å²) in [7, 11) is 0. The van der Waals surface area contributed by atoms with Crippen LogP contribution in [0.25, 0.3) is 0 Å². The van der Waals surface area contributed by atoms with Crippen LogP contribution in [0.1, 0.15) is 136 Å². The predicted octanol–water partition coefficient (Wildman–Crippen LogP) is 7.29. The molecule has 0 bridgehead atoms. The number of hydrogen-bond acceptors (Lipinski definition) is 3. The molecule has 6 heteroatoms. The van der Waals surface area contributed by atoms with Gasteiger partial charge in [0.15, 0.2) is 0 Å². The second-order valence-electron chi connectivity index (χ2n) is 7.59. The van der Waals surface area contributed by atoms with Crippen LogP contribution >= 0.6 is 0 Å². The summed E-state index contributed by atoms with van der Waals surface area (Å²) in [5.41, 5.74) is 0. The third kappa shape index (κ3) is 45.3. The number of unbranched alkanes of at least 4 members (excludes halogenated alkanes) is 14. The smallest absolute Gasteiger partial charge is 0.303 e. The molecule has 0 amide bonds. The number of carboxylic acid groups (broad SMARTS) is 3. The molecule has 0 saturated heterocycles. The van der Waals surface area contributed by atoms with Crippen molar-refractivity contribution < 1.29 is 29.7 Å². The van der Waals surface area contributed by atoms with Gasteiger partial charge in [0.05, 0.1) is 0 Å². The molecule has 30 heavy (non-hydrogen) atoms. The third-order valence-electron chi connectivity index (χ3n) is 4.60. The Kier molecular flexibility index (Phi) is 32.6. The average molecular weight is 433 g/mol. The average Bonchev–Trinajstić information content (AvgIpc) is 2.71. The Balaban J connectivity index is -0.000000599. The topological polar surface area (TPSA) is 112 Å². The second kappa shape index (κ2) is 29.6. The molecule has 0 aliphatic carbocycles. The zero-order valence-corrected chi connectivity index (χ0v) is 19.8. The van der Waals surface area contributed by atoms with E-state index in [-0.39, 0.29) is 12.8 Å². The Morgan fingerprint density at radius 2 is 0.667 bits per heavy atom. The van der Waals surface area contributed by atoms with E-state index in [0.717, 1.165) is 12.8 Å². The molecule has 0 aromatic carbocycles. The second-order valence-corrected chi connectivity index (χ2v) is 7.59. The van der Waals surface area contributed by atoms with Crippen molar-refractivity contribution in [2.24, 2.45) is 0 Å². The molecule has 0 fully saturated rings. The van der Waals surface area contributed by atoms with Crippen LogP contribution in [0.15, 0.2) is 0 Å². The van der Waals surface area contributed by atoms with Crippen molar-refractivity contribution in [1.29, 1.82) is 0 Å². The maximum atomic E-state index is 10.3. The fourth-order valence-corrected chi connectivity index (χ4v) is 2.65. The minimum Gasteiger partial charge on any atom is -0.481 e. The summed E-state index contributed by atoms with van der Waals surface area (Å²) in [6, 6.07) is 0. The van der Waals surface area contributed by atoms with Crippen LogP contribution in [0.4, 0.5) is 0 Å². The highest BCUT2D eigenvalue weighted by atomic mass is 16.4. The molecule has 0 heterocycles. The lowest BCUT2D eigenvalue weighted by atomic mass is 10.0. The van der Waals surface area contributed by atoms with Gasteiger partial charge in [-0.05, 0) is 6.42 Å². The van der Waals surface area contributed by atoms with Gasteiger partial charge in [-0.25, -0.2) is 0 Å². The fraction of sp³-hybridized carbons (Fsp3) is 0.875. The molecule has 0 aliphatic heterocycles. The summed E-state index contributed by atoms with van der Waals surface area (Å²) in [6.07, 6.45) is 20.6. The summed E-state index contributed by atoms with van der Waals surface area (Å²) in [5, 5.41) is 24.0. The molecule has 3 N–H and O–H groups in total. The molecule has 0 rings (SSSR count). The van der Waals surface area contributed by atoms with E-state index in [2.05, 4.69) is 6.92 Å². The van der Waals surface area contributed by atoms with Crippen LogP contribution in [0, 0.1) is 0 Å². The number of carboxylic acids is 3. The van der Waals surface area contributed by atoms with Gasteiger partial charge in [0.1, 0.15) is 0 Å². The predicted molar refractivity (Wildman–Crippen MR) is 123 cm³/mol. The van der Waals surface area contributed by atoms with Crippen molar-refractivity contribution in [1.82, 2.24) is 0 Å². The first-order valence-corrected chi connectivity index (χ1v) is 12.0. The highest BCUT2D eigenvalue weighted by Gasteiger charge is 1.97. The lowest BCUT2D eigenvalue weighted by Gasteiger charge is -2.03. The van der Waals surface area contributed by atoms with E-state index in [1.165, 1.54) is 83.5 Å². The van der Waals surface area contributed by atoms with Crippen molar-refractivity contribution in [3.63, 3.8) is 0 Å². The molecule has 0 spiro atoms. The van der Waals surface area contributed by atoms with Crippen molar-refractivity contribution in [2.75, 3.05) is 0 Å². The molecule has 0 saturated carbocycles. The first kappa shape index (κ1) is 33.1. The molecule has 180 valence electrons. The van der Waals surface area contributed by atoms with Gasteiger partial charge in [0, 0.05) is 19.3 Å². The molecule has 0 radical (unpaired) electrons. The number of hydrogen-bond donors (Lipinski definition) is 3. The van der Waals surface area contributed by atoms with E-state index in [4.69, 9.17) is 15.3 Å². The molecule has 0 atom stereocenters. The van der Waals surface area contributed by atoms with E-state index in [9.17, 15) is 14.4 Å². The summed E-state index contributed by atoms with van der Waals surface area (Å²) in [5.74, 6) is -2.14. The van der Waals surface area contributed by atoms with Gasteiger partial charge < -0.3 is 15.3 Å². The normalized spacial score (nSPS) is 9.70. The molecule has 0 aliphatic rings.